The van der Waals surface area contributed by atoms with E-state index in [2.05, 4.69) is 21.9 Å². The lowest BCUT2D eigenvalue weighted by Crippen LogP contribution is -2.42. The number of aliphatic carboxylic acids is 1. The molecule has 1 rings (SSSR count). The number of amides is 1. The molecule has 3 N–H and O–H groups in total. The average molecular weight is 223 g/mol. The predicted molar refractivity (Wildman–Crippen MR) is 56.7 cm³/mol. The minimum Gasteiger partial charge on any atom is -0.480 e. The number of hydrogen-bond acceptors (Lipinski definition) is 3. The standard InChI is InChI=1S/C10H13N3O3/c1-2-3-9(14)13-8(10(15)16)4-7-5-11-6-12-7/h2,5-6,8H,1,3-4H2,(H,11,12)(H,13,14)(H,15,16). The number of nitrogens with one attached hydrogen (secondary N) is 2. The highest BCUT2D eigenvalue weighted by atomic mass is 16.4. The molecule has 0 saturated heterocycles. The average Bonchev–Trinajstić information content (AvgIpc) is 2.69. The third kappa shape index (κ3) is 3.56. The fourth-order valence-electron chi connectivity index (χ4n) is 1.20. The van der Waals surface area contributed by atoms with Gasteiger partial charge in [0.05, 0.1) is 6.33 Å². The number of hydrogen-bond donors (Lipinski definition) is 3. The molecule has 0 aliphatic rings. The Hall–Kier alpha value is -2.11. The molecule has 1 atom stereocenters. The van der Waals surface area contributed by atoms with E-state index in [1.165, 1.54) is 18.6 Å². The lowest BCUT2D eigenvalue weighted by atomic mass is 10.1. The smallest absolute Gasteiger partial charge is 0.326 e. The summed E-state index contributed by atoms with van der Waals surface area (Å²) in [7, 11) is 0. The molecule has 1 amide bonds. The Morgan fingerprint density at radius 1 is 1.69 bits per heavy atom. The lowest BCUT2D eigenvalue weighted by Gasteiger charge is -2.12. The van der Waals surface area contributed by atoms with E-state index in [9.17, 15) is 9.59 Å². The molecule has 1 unspecified atom stereocenters. The van der Waals surface area contributed by atoms with Crippen LogP contribution in [0.15, 0.2) is 25.2 Å². The molecule has 16 heavy (non-hydrogen) atoms. The van der Waals surface area contributed by atoms with Crippen molar-refractivity contribution in [1.82, 2.24) is 15.3 Å². The number of carboxylic acids is 1. The Kier molecular flexibility index (Phi) is 4.26. The summed E-state index contributed by atoms with van der Waals surface area (Å²) in [6, 6.07) is -0.951. The van der Waals surface area contributed by atoms with E-state index in [0.717, 1.165) is 0 Å². The maximum atomic E-state index is 11.2. The molecule has 0 aliphatic carbocycles. The highest BCUT2D eigenvalue weighted by Crippen LogP contribution is 1.99. The van der Waals surface area contributed by atoms with Gasteiger partial charge in [-0.25, -0.2) is 9.78 Å². The summed E-state index contributed by atoms with van der Waals surface area (Å²) in [6.45, 7) is 3.40. The van der Waals surface area contributed by atoms with Crippen LogP contribution in [0.5, 0.6) is 0 Å². The number of imidazole rings is 1. The molecule has 6 heteroatoms. The zero-order valence-corrected chi connectivity index (χ0v) is 8.64. The second-order valence-electron chi connectivity index (χ2n) is 3.23. The van der Waals surface area contributed by atoms with Gasteiger partial charge in [-0.1, -0.05) is 6.08 Å². The molecular weight excluding hydrogens is 210 g/mol. The van der Waals surface area contributed by atoms with Crippen molar-refractivity contribution in [3.05, 3.63) is 30.9 Å². The first kappa shape index (κ1) is 12.0. The summed E-state index contributed by atoms with van der Waals surface area (Å²) < 4.78 is 0. The molecule has 0 fully saturated rings. The zero-order valence-electron chi connectivity index (χ0n) is 8.64. The number of carboxylic acid groups (broad SMARTS) is 1. The zero-order chi connectivity index (χ0) is 12.0. The molecule has 1 aromatic rings. The maximum Gasteiger partial charge on any atom is 0.326 e. The summed E-state index contributed by atoms with van der Waals surface area (Å²) in [5, 5.41) is 11.3. The second-order valence-corrected chi connectivity index (χ2v) is 3.23. The van der Waals surface area contributed by atoms with Gasteiger partial charge in [-0.3, -0.25) is 4.79 Å². The Morgan fingerprint density at radius 3 is 2.94 bits per heavy atom. The van der Waals surface area contributed by atoms with Crippen LogP contribution in [0, 0.1) is 0 Å². The van der Waals surface area contributed by atoms with E-state index in [0.29, 0.717) is 5.69 Å². The largest absolute Gasteiger partial charge is 0.480 e. The van der Waals surface area contributed by atoms with Gasteiger partial charge in [0, 0.05) is 24.7 Å². The van der Waals surface area contributed by atoms with E-state index < -0.39 is 12.0 Å². The van der Waals surface area contributed by atoms with Crippen LogP contribution in [0.3, 0.4) is 0 Å². The van der Waals surface area contributed by atoms with Crippen LogP contribution in [0.2, 0.25) is 0 Å². The van der Waals surface area contributed by atoms with Crippen LogP contribution in [0.1, 0.15) is 12.1 Å². The SMILES string of the molecule is C=CCC(=O)NC(Cc1cnc[nH]1)C(=O)O. The van der Waals surface area contributed by atoms with Gasteiger partial charge in [0.1, 0.15) is 6.04 Å². The Labute approximate surface area is 92.4 Å². The normalized spacial score (nSPS) is 11.8. The molecule has 1 aromatic heterocycles. The maximum absolute atomic E-state index is 11.2. The summed E-state index contributed by atoms with van der Waals surface area (Å²) in [5.74, 6) is -1.44. The fraction of sp³-hybridized carbons (Fsp3) is 0.300. The van der Waals surface area contributed by atoms with Crippen molar-refractivity contribution in [2.24, 2.45) is 0 Å². The van der Waals surface area contributed by atoms with Gasteiger partial charge >= 0.3 is 5.97 Å². The number of H-pyrrole nitrogens is 1. The van der Waals surface area contributed by atoms with Crippen molar-refractivity contribution in [3.8, 4) is 0 Å². The van der Waals surface area contributed by atoms with E-state index in [-0.39, 0.29) is 18.7 Å². The van der Waals surface area contributed by atoms with Crippen LogP contribution in [0.25, 0.3) is 0 Å². The topological polar surface area (TPSA) is 95.1 Å². The van der Waals surface area contributed by atoms with E-state index in [1.54, 1.807) is 0 Å². The second kappa shape index (κ2) is 5.69. The molecule has 0 spiro atoms. The number of aromatic nitrogens is 2. The third-order valence-corrected chi connectivity index (χ3v) is 1.94. The summed E-state index contributed by atoms with van der Waals surface area (Å²) in [6.07, 6.45) is 4.69. The first-order chi connectivity index (χ1) is 7.63. The molecule has 6 nitrogen and oxygen atoms in total. The molecule has 0 bridgehead atoms. The highest BCUT2D eigenvalue weighted by Gasteiger charge is 2.20. The molecule has 0 radical (unpaired) electrons. The van der Waals surface area contributed by atoms with Crippen molar-refractivity contribution >= 4 is 11.9 Å². The van der Waals surface area contributed by atoms with Gasteiger partial charge in [-0.15, -0.1) is 6.58 Å². The Balaban J connectivity index is 2.58. The molecule has 0 aliphatic heterocycles. The van der Waals surface area contributed by atoms with Crippen LogP contribution in [-0.4, -0.2) is 33.0 Å². The van der Waals surface area contributed by atoms with Crippen LogP contribution in [0.4, 0.5) is 0 Å². The third-order valence-electron chi connectivity index (χ3n) is 1.94. The van der Waals surface area contributed by atoms with Crippen molar-refractivity contribution in [3.63, 3.8) is 0 Å². The monoisotopic (exact) mass is 223 g/mol. The van der Waals surface area contributed by atoms with Gasteiger partial charge in [-0.05, 0) is 0 Å². The fourth-order valence-corrected chi connectivity index (χ4v) is 1.20. The minimum atomic E-state index is -1.08. The van der Waals surface area contributed by atoms with E-state index in [4.69, 9.17) is 5.11 Å². The first-order valence-electron chi connectivity index (χ1n) is 4.73. The van der Waals surface area contributed by atoms with Gasteiger partial charge < -0.3 is 15.4 Å². The first-order valence-corrected chi connectivity index (χ1v) is 4.73. The van der Waals surface area contributed by atoms with Crippen molar-refractivity contribution in [1.29, 1.82) is 0 Å². The van der Waals surface area contributed by atoms with Crippen molar-refractivity contribution < 1.29 is 14.7 Å². The van der Waals surface area contributed by atoms with Crippen LogP contribution < -0.4 is 5.32 Å². The van der Waals surface area contributed by atoms with Crippen LogP contribution >= 0.6 is 0 Å². The van der Waals surface area contributed by atoms with Crippen LogP contribution in [-0.2, 0) is 16.0 Å². The number of nitrogens with zero attached hydrogens (tertiary/aromatic N) is 1. The lowest BCUT2D eigenvalue weighted by molar-refractivity contribution is -0.141. The Morgan fingerprint density at radius 2 is 2.44 bits per heavy atom. The molecule has 0 aromatic carbocycles. The van der Waals surface area contributed by atoms with Gasteiger partial charge in [-0.2, -0.15) is 0 Å². The minimum absolute atomic E-state index is 0.104. The number of rotatable bonds is 6. The highest BCUT2D eigenvalue weighted by molar-refractivity contribution is 5.84. The Bertz CT molecular complexity index is 373. The number of carbonyl (C=O) groups is 2. The predicted octanol–water partition coefficient (Wildman–Crippen LogP) is 0.0977. The molecule has 0 saturated carbocycles. The van der Waals surface area contributed by atoms with Gasteiger partial charge in [0.25, 0.3) is 0 Å². The number of carbonyl (C=O) groups excluding carboxylic acids is 1. The number of aromatic amines is 1. The summed E-state index contributed by atoms with van der Waals surface area (Å²) in [5.41, 5.74) is 0.659. The van der Waals surface area contributed by atoms with Gasteiger partial charge in [0.15, 0.2) is 0 Å². The quantitative estimate of drug-likeness (QED) is 0.596. The molecule has 86 valence electrons. The van der Waals surface area contributed by atoms with Crippen molar-refractivity contribution in [2.75, 3.05) is 0 Å². The molecular formula is C10H13N3O3. The molecule has 1 heterocycles. The van der Waals surface area contributed by atoms with Gasteiger partial charge in [0.2, 0.25) is 5.91 Å². The summed E-state index contributed by atoms with van der Waals surface area (Å²) in [4.78, 5) is 28.7. The van der Waals surface area contributed by atoms with E-state index >= 15 is 0 Å². The van der Waals surface area contributed by atoms with Crippen molar-refractivity contribution in [2.45, 2.75) is 18.9 Å². The van der Waals surface area contributed by atoms with E-state index in [1.807, 2.05) is 0 Å². The summed E-state index contributed by atoms with van der Waals surface area (Å²) >= 11 is 0.